The zero-order valence-electron chi connectivity index (χ0n) is 10.3. The zero-order valence-corrected chi connectivity index (χ0v) is 10.3. The lowest BCUT2D eigenvalue weighted by molar-refractivity contribution is -0.137. The molecule has 17 heavy (non-hydrogen) atoms. The van der Waals surface area contributed by atoms with E-state index in [4.69, 9.17) is 4.74 Å². The third-order valence-corrected chi connectivity index (χ3v) is 2.51. The maximum absolute atomic E-state index is 11.7. The molecule has 0 radical (unpaired) electrons. The lowest BCUT2D eigenvalue weighted by Crippen LogP contribution is -2.44. The van der Waals surface area contributed by atoms with Crippen LogP contribution in [0.4, 0.5) is 0 Å². The molecule has 0 bridgehead atoms. The van der Waals surface area contributed by atoms with Gasteiger partial charge in [0.05, 0.1) is 19.1 Å². The Morgan fingerprint density at radius 3 is 2.53 bits per heavy atom. The van der Waals surface area contributed by atoms with Crippen LogP contribution in [0.3, 0.4) is 0 Å². The Balaban J connectivity index is 2.68. The van der Waals surface area contributed by atoms with Crippen LogP contribution >= 0.6 is 0 Å². The molecule has 0 aromatic rings. The van der Waals surface area contributed by atoms with Crippen molar-refractivity contribution in [2.24, 2.45) is 10.9 Å². The van der Waals surface area contributed by atoms with Crippen molar-refractivity contribution in [3.05, 3.63) is 36.5 Å². The average Bonchev–Trinajstić information content (AvgIpc) is 2.20. The molecule has 1 heterocycles. The number of rotatable bonds is 4. The number of carbonyl (C=O) groups excluding carboxylic acids is 1. The minimum Gasteiger partial charge on any atom is -0.380 e. The number of amidine groups is 1. The van der Waals surface area contributed by atoms with Gasteiger partial charge in [-0.05, 0) is 18.6 Å². The number of allylic oxidation sites excluding steroid dienone is 3. The summed E-state index contributed by atoms with van der Waals surface area (Å²) in [6.45, 7) is 10.4. The van der Waals surface area contributed by atoms with Crippen LogP contribution in [-0.2, 0) is 9.53 Å². The quantitative estimate of drug-likeness (QED) is 0.455. The number of hydrogen-bond donors (Lipinski definition) is 1. The highest BCUT2D eigenvalue weighted by molar-refractivity contribution is 6.05. The van der Waals surface area contributed by atoms with Gasteiger partial charge in [0.1, 0.15) is 5.84 Å². The predicted molar refractivity (Wildman–Crippen MR) is 68.9 cm³/mol. The van der Waals surface area contributed by atoms with Gasteiger partial charge >= 0.3 is 0 Å². The third kappa shape index (κ3) is 3.67. The molecule has 1 fully saturated rings. The summed E-state index contributed by atoms with van der Waals surface area (Å²) in [6, 6.07) is 0. The van der Waals surface area contributed by atoms with Gasteiger partial charge in [0, 0.05) is 7.05 Å². The summed E-state index contributed by atoms with van der Waals surface area (Å²) in [5.74, 6) is 0.398. The van der Waals surface area contributed by atoms with E-state index >= 15 is 0 Å². The minimum atomic E-state index is -0.0582. The summed E-state index contributed by atoms with van der Waals surface area (Å²) >= 11 is 0. The molecule has 92 valence electrons. The summed E-state index contributed by atoms with van der Waals surface area (Å²) in [5, 5.41) is 2.75. The van der Waals surface area contributed by atoms with Gasteiger partial charge in [-0.25, -0.2) is 0 Å². The number of ether oxygens (including phenoxy) is 1. The van der Waals surface area contributed by atoms with Gasteiger partial charge < -0.3 is 10.1 Å². The highest BCUT2D eigenvalue weighted by Crippen LogP contribution is 2.10. The van der Waals surface area contributed by atoms with E-state index < -0.39 is 0 Å². The normalized spacial score (nSPS) is 17.3. The van der Waals surface area contributed by atoms with Crippen molar-refractivity contribution in [3.8, 4) is 0 Å². The number of aliphatic imine (C=N–C) groups is 1. The molecule has 1 amide bonds. The van der Waals surface area contributed by atoms with E-state index in [-0.39, 0.29) is 11.8 Å². The van der Waals surface area contributed by atoms with Crippen LogP contribution in [-0.4, -0.2) is 32.0 Å². The van der Waals surface area contributed by atoms with Crippen molar-refractivity contribution in [1.29, 1.82) is 0 Å². The molecule has 0 atom stereocenters. The van der Waals surface area contributed by atoms with Crippen LogP contribution in [0.25, 0.3) is 0 Å². The van der Waals surface area contributed by atoms with Gasteiger partial charge in [0.15, 0.2) is 0 Å². The van der Waals surface area contributed by atoms with Gasteiger partial charge in [-0.1, -0.05) is 24.8 Å². The van der Waals surface area contributed by atoms with E-state index in [0.29, 0.717) is 19.0 Å². The smallest absolute Gasteiger partial charge is 0.233 e. The molecule has 0 aromatic carbocycles. The first-order valence-corrected chi connectivity index (χ1v) is 5.44. The van der Waals surface area contributed by atoms with Crippen molar-refractivity contribution in [2.45, 2.75) is 6.92 Å². The topological polar surface area (TPSA) is 50.7 Å². The van der Waals surface area contributed by atoms with Gasteiger partial charge in [-0.3, -0.25) is 9.79 Å². The van der Waals surface area contributed by atoms with Crippen LogP contribution in [0, 0.1) is 5.92 Å². The fourth-order valence-corrected chi connectivity index (χ4v) is 1.28. The van der Waals surface area contributed by atoms with E-state index in [0.717, 1.165) is 11.1 Å². The van der Waals surface area contributed by atoms with Crippen molar-refractivity contribution in [3.63, 3.8) is 0 Å². The van der Waals surface area contributed by atoms with Crippen LogP contribution in [0.15, 0.2) is 41.4 Å². The van der Waals surface area contributed by atoms with E-state index in [1.807, 2.05) is 6.92 Å². The second-order valence-electron chi connectivity index (χ2n) is 3.92. The Labute approximate surface area is 102 Å². The monoisotopic (exact) mass is 234 g/mol. The zero-order chi connectivity index (χ0) is 12.8. The van der Waals surface area contributed by atoms with E-state index in [2.05, 4.69) is 23.5 Å². The Morgan fingerprint density at radius 2 is 2.18 bits per heavy atom. The first kappa shape index (κ1) is 13.4. The van der Waals surface area contributed by atoms with Gasteiger partial charge in [-0.15, -0.1) is 0 Å². The molecule has 1 N–H and O–H groups in total. The van der Waals surface area contributed by atoms with Gasteiger partial charge in [0.25, 0.3) is 0 Å². The largest absolute Gasteiger partial charge is 0.380 e. The molecule has 0 unspecified atom stereocenters. The maximum Gasteiger partial charge on any atom is 0.233 e. The Hall–Kier alpha value is -1.68. The second-order valence-corrected chi connectivity index (χ2v) is 3.92. The predicted octanol–water partition coefficient (Wildman–Crippen LogP) is 1.47. The number of carbonyl (C=O) groups is 1. The van der Waals surface area contributed by atoms with E-state index in [1.54, 1.807) is 19.2 Å². The first-order valence-electron chi connectivity index (χ1n) is 5.44. The lowest BCUT2D eigenvalue weighted by atomic mass is 10.1. The molecule has 0 aromatic heterocycles. The van der Waals surface area contributed by atoms with Crippen molar-refractivity contribution in [2.75, 3.05) is 20.3 Å². The molecule has 1 aliphatic heterocycles. The average molecular weight is 234 g/mol. The van der Waals surface area contributed by atoms with Crippen LogP contribution in [0.5, 0.6) is 0 Å². The number of nitrogens with zero attached hydrogens (tertiary/aromatic N) is 1. The second kappa shape index (κ2) is 6.15. The third-order valence-electron chi connectivity index (χ3n) is 2.51. The van der Waals surface area contributed by atoms with Gasteiger partial charge in [0.2, 0.25) is 5.91 Å². The maximum atomic E-state index is 11.7. The SMILES string of the molecule is C=C/C(=C/C(=NC)NC(=O)C1COC1)C(=C)C. The summed E-state index contributed by atoms with van der Waals surface area (Å²) in [6.07, 6.45) is 3.44. The van der Waals surface area contributed by atoms with Gasteiger partial charge in [-0.2, -0.15) is 0 Å². The standard InChI is InChI=1S/C13H18N2O2/c1-5-10(9(2)3)6-12(14-4)15-13(16)11-7-17-8-11/h5-6,11H,1-2,7-8H2,3-4H3,(H,14,15,16)/b10-6-. The molecular formula is C13H18N2O2. The summed E-state index contributed by atoms with van der Waals surface area (Å²) in [7, 11) is 1.63. The van der Waals surface area contributed by atoms with E-state index in [1.165, 1.54) is 0 Å². The highest BCUT2D eigenvalue weighted by Gasteiger charge is 2.26. The van der Waals surface area contributed by atoms with Crippen LogP contribution in [0.2, 0.25) is 0 Å². The number of nitrogens with one attached hydrogen (secondary N) is 1. The lowest BCUT2D eigenvalue weighted by Gasteiger charge is -2.24. The summed E-state index contributed by atoms with van der Waals surface area (Å²) in [4.78, 5) is 15.7. The molecule has 4 nitrogen and oxygen atoms in total. The Kier molecular flexibility index (Phi) is 4.84. The van der Waals surface area contributed by atoms with Crippen molar-refractivity contribution >= 4 is 11.7 Å². The highest BCUT2D eigenvalue weighted by atomic mass is 16.5. The molecule has 0 spiro atoms. The Bertz CT molecular complexity index is 390. The minimum absolute atomic E-state index is 0.0572. The molecule has 1 aliphatic rings. The fraction of sp³-hybridized carbons (Fsp3) is 0.385. The molecular weight excluding hydrogens is 216 g/mol. The molecule has 0 aliphatic carbocycles. The molecule has 1 saturated heterocycles. The first-order chi connectivity index (χ1) is 8.08. The van der Waals surface area contributed by atoms with E-state index in [9.17, 15) is 4.79 Å². The molecule has 4 heteroatoms. The fourth-order valence-electron chi connectivity index (χ4n) is 1.28. The molecule has 0 saturated carbocycles. The summed E-state index contributed by atoms with van der Waals surface area (Å²) in [5.41, 5.74) is 1.73. The number of amides is 1. The number of hydrogen-bond acceptors (Lipinski definition) is 3. The van der Waals surface area contributed by atoms with Crippen molar-refractivity contribution in [1.82, 2.24) is 5.32 Å². The van der Waals surface area contributed by atoms with Crippen molar-refractivity contribution < 1.29 is 9.53 Å². The van der Waals surface area contributed by atoms with Crippen LogP contribution < -0.4 is 5.32 Å². The molecule has 1 rings (SSSR count). The summed E-state index contributed by atoms with van der Waals surface area (Å²) < 4.78 is 4.97. The Morgan fingerprint density at radius 1 is 1.53 bits per heavy atom. The van der Waals surface area contributed by atoms with Crippen LogP contribution in [0.1, 0.15) is 6.92 Å².